The lowest BCUT2D eigenvalue weighted by Crippen LogP contribution is -2.31. The van der Waals surface area contributed by atoms with Gasteiger partial charge in [0.2, 0.25) is 0 Å². The molecular formula is C12H18Cl2N2O2. The third-order valence-electron chi connectivity index (χ3n) is 2.42. The van der Waals surface area contributed by atoms with Gasteiger partial charge in [-0.25, -0.2) is 0 Å². The molecule has 0 saturated carbocycles. The average molecular weight is 293 g/mol. The van der Waals surface area contributed by atoms with Gasteiger partial charge in [0, 0.05) is 11.6 Å². The minimum absolute atomic E-state index is 0. The fourth-order valence-corrected chi connectivity index (χ4v) is 1.46. The van der Waals surface area contributed by atoms with E-state index in [-0.39, 0.29) is 24.2 Å². The summed E-state index contributed by atoms with van der Waals surface area (Å²) in [5.41, 5.74) is 5.95. The van der Waals surface area contributed by atoms with Gasteiger partial charge < -0.3 is 15.8 Å². The smallest absolute Gasteiger partial charge is 0.255 e. The van der Waals surface area contributed by atoms with Gasteiger partial charge in [0.25, 0.3) is 5.91 Å². The van der Waals surface area contributed by atoms with Gasteiger partial charge in [-0.3, -0.25) is 4.79 Å². The summed E-state index contributed by atoms with van der Waals surface area (Å²) in [6.07, 6.45) is 0. The first-order valence-electron chi connectivity index (χ1n) is 5.40. The van der Waals surface area contributed by atoms with Crippen LogP contribution in [0, 0.1) is 5.92 Å². The fourth-order valence-electron chi connectivity index (χ4n) is 1.30. The second-order valence-electron chi connectivity index (χ2n) is 3.90. The fraction of sp³-hybridized carbons (Fsp3) is 0.417. The van der Waals surface area contributed by atoms with Crippen LogP contribution in [0.15, 0.2) is 18.2 Å². The Kier molecular flexibility index (Phi) is 7.75. The molecule has 1 unspecified atom stereocenters. The Morgan fingerprint density at radius 2 is 2.22 bits per heavy atom. The van der Waals surface area contributed by atoms with Crippen LogP contribution in [-0.2, 0) is 0 Å². The molecular weight excluding hydrogens is 275 g/mol. The number of carbonyl (C=O) groups excluding carboxylic acids is 1. The van der Waals surface area contributed by atoms with Crippen LogP contribution in [0.3, 0.4) is 0 Å². The summed E-state index contributed by atoms with van der Waals surface area (Å²) in [6.45, 7) is 3.05. The Labute approximate surface area is 118 Å². The lowest BCUT2D eigenvalue weighted by atomic mass is 10.1. The van der Waals surface area contributed by atoms with Gasteiger partial charge in [-0.05, 0) is 30.7 Å². The van der Waals surface area contributed by atoms with E-state index >= 15 is 0 Å². The van der Waals surface area contributed by atoms with E-state index in [1.807, 2.05) is 6.92 Å². The van der Waals surface area contributed by atoms with Crippen molar-refractivity contribution >= 4 is 29.9 Å². The normalized spacial score (nSPS) is 11.3. The van der Waals surface area contributed by atoms with Crippen molar-refractivity contribution in [1.29, 1.82) is 0 Å². The first-order valence-corrected chi connectivity index (χ1v) is 5.78. The number of hydrogen-bond donors (Lipinski definition) is 2. The van der Waals surface area contributed by atoms with Crippen LogP contribution < -0.4 is 15.8 Å². The Morgan fingerprint density at radius 1 is 1.56 bits per heavy atom. The highest BCUT2D eigenvalue weighted by Gasteiger charge is 2.12. The van der Waals surface area contributed by atoms with Crippen molar-refractivity contribution in [3.05, 3.63) is 28.8 Å². The maximum absolute atomic E-state index is 11.9. The molecule has 0 aliphatic heterocycles. The van der Waals surface area contributed by atoms with Crippen LogP contribution in [-0.4, -0.2) is 26.1 Å². The molecule has 0 spiro atoms. The van der Waals surface area contributed by atoms with Gasteiger partial charge in [-0.15, -0.1) is 12.4 Å². The van der Waals surface area contributed by atoms with Crippen molar-refractivity contribution in [3.63, 3.8) is 0 Å². The van der Waals surface area contributed by atoms with E-state index in [1.165, 1.54) is 7.11 Å². The molecule has 0 aromatic heterocycles. The Hall–Kier alpha value is -0.970. The molecule has 0 bridgehead atoms. The molecule has 18 heavy (non-hydrogen) atoms. The zero-order valence-electron chi connectivity index (χ0n) is 10.4. The predicted octanol–water partition coefficient (Wildman–Crippen LogP) is 2.10. The number of halogens is 2. The number of rotatable bonds is 5. The van der Waals surface area contributed by atoms with Crippen molar-refractivity contribution in [2.45, 2.75) is 6.92 Å². The van der Waals surface area contributed by atoms with Crippen molar-refractivity contribution in [2.24, 2.45) is 11.7 Å². The first kappa shape index (κ1) is 17.0. The molecule has 0 aliphatic carbocycles. The van der Waals surface area contributed by atoms with E-state index in [9.17, 15) is 4.79 Å². The number of nitrogens with two attached hydrogens (primary N) is 1. The molecule has 0 fully saturated rings. The van der Waals surface area contributed by atoms with Gasteiger partial charge in [-0.1, -0.05) is 18.5 Å². The van der Waals surface area contributed by atoms with Crippen LogP contribution in [0.25, 0.3) is 0 Å². The van der Waals surface area contributed by atoms with Crippen molar-refractivity contribution < 1.29 is 9.53 Å². The molecule has 1 aromatic rings. The molecule has 3 N–H and O–H groups in total. The van der Waals surface area contributed by atoms with Crippen LogP contribution in [0.2, 0.25) is 5.02 Å². The van der Waals surface area contributed by atoms with Gasteiger partial charge >= 0.3 is 0 Å². The summed E-state index contributed by atoms with van der Waals surface area (Å²) in [7, 11) is 1.50. The molecule has 1 aromatic carbocycles. The summed E-state index contributed by atoms with van der Waals surface area (Å²) in [6, 6.07) is 4.91. The number of benzene rings is 1. The average Bonchev–Trinajstić information content (AvgIpc) is 2.35. The molecule has 1 rings (SSSR count). The maximum atomic E-state index is 11.9. The number of amides is 1. The summed E-state index contributed by atoms with van der Waals surface area (Å²) in [4.78, 5) is 11.9. The van der Waals surface area contributed by atoms with Crippen molar-refractivity contribution in [2.75, 3.05) is 20.2 Å². The SMILES string of the molecule is COc1cc(Cl)ccc1C(=O)NCC(C)CN.Cl. The standard InChI is InChI=1S/C12H17ClN2O2.ClH/c1-8(6-14)7-15-12(16)10-4-3-9(13)5-11(10)17-2;/h3-5,8H,6-7,14H2,1-2H3,(H,15,16);1H. The Bertz CT molecular complexity index is 400. The zero-order chi connectivity index (χ0) is 12.8. The molecule has 1 amide bonds. The number of ether oxygens (including phenoxy) is 1. The van der Waals surface area contributed by atoms with Gasteiger partial charge in [0.1, 0.15) is 5.75 Å². The molecule has 0 aliphatic rings. The number of hydrogen-bond acceptors (Lipinski definition) is 3. The molecule has 0 heterocycles. The third-order valence-corrected chi connectivity index (χ3v) is 2.66. The van der Waals surface area contributed by atoms with Crippen LogP contribution in [0.4, 0.5) is 0 Å². The number of methoxy groups -OCH3 is 1. The number of carbonyl (C=O) groups is 1. The minimum Gasteiger partial charge on any atom is -0.496 e. The number of nitrogens with one attached hydrogen (secondary N) is 1. The van der Waals surface area contributed by atoms with Crippen molar-refractivity contribution in [3.8, 4) is 5.75 Å². The highest BCUT2D eigenvalue weighted by Crippen LogP contribution is 2.22. The van der Waals surface area contributed by atoms with Crippen LogP contribution >= 0.6 is 24.0 Å². The van der Waals surface area contributed by atoms with Crippen LogP contribution in [0.5, 0.6) is 5.75 Å². The Balaban J connectivity index is 0.00000289. The summed E-state index contributed by atoms with van der Waals surface area (Å²) < 4.78 is 5.11. The van der Waals surface area contributed by atoms with Gasteiger partial charge in [-0.2, -0.15) is 0 Å². The lowest BCUT2D eigenvalue weighted by Gasteiger charge is -2.12. The van der Waals surface area contributed by atoms with Gasteiger partial charge in [0.15, 0.2) is 0 Å². The molecule has 6 heteroatoms. The quantitative estimate of drug-likeness (QED) is 0.873. The minimum atomic E-state index is -0.182. The molecule has 0 saturated heterocycles. The summed E-state index contributed by atoms with van der Waals surface area (Å²) in [5, 5.41) is 3.34. The van der Waals surface area contributed by atoms with Crippen LogP contribution in [0.1, 0.15) is 17.3 Å². The van der Waals surface area contributed by atoms with E-state index in [4.69, 9.17) is 22.1 Å². The first-order chi connectivity index (χ1) is 8.08. The largest absolute Gasteiger partial charge is 0.496 e. The second kappa shape index (κ2) is 8.19. The summed E-state index contributed by atoms with van der Waals surface area (Å²) >= 11 is 5.82. The lowest BCUT2D eigenvalue weighted by molar-refractivity contribution is 0.0945. The van der Waals surface area contributed by atoms with E-state index in [2.05, 4.69) is 5.32 Å². The summed E-state index contributed by atoms with van der Waals surface area (Å²) in [5.74, 6) is 0.534. The Morgan fingerprint density at radius 3 is 2.78 bits per heavy atom. The maximum Gasteiger partial charge on any atom is 0.255 e. The molecule has 0 radical (unpaired) electrons. The zero-order valence-corrected chi connectivity index (χ0v) is 12.0. The van der Waals surface area contributed by atoms with E-state index < -0.39 is 0 Å². The molecule has 4 nitrogen and oxygen atoms in total. The highest BCUT2D eigenvalue weighted by atomic mass is 35.5. The monoisotopic (exact) mass is 292 g/mol. The molecule has 102 valence electrons. The third kappa shape index (κ3) is 4.72. The van der Waals surface area contributed by atoms with E-state index in [0.717, 1.165) is 0 Å². The second-order valence-corrected chi connectivity index (χ2v) is 4.33. The van der Waals surface area contributed by atoms with Gasteiger partial charge in [0.05, 0.1) is 12.7 Å². The highest BCUT2D eigenvalue weighted by molar-refractivity contribution is 6.30. The van der Waals surface area contributed by atoms with E-state index in [1.54, 1.807) is 18.2 Å². The topological polar surface area (TPSA) is 64.3 Å². The van der Waals surface area contributed by atoms with Crippen molar-refractivity contribution in [1.82, 2.24) is 5.32 Å². The van der Waals surface area contributed by atoms with E-state index in [0.29, 0.717) is 29.4 Å². The predicted molar refractivity (Wildman–Crippen MR) is 75.8 cm³/mol. The molecule has 1 atom stereocenters.